The smallest absolute Gasteiger partial charge is 0.254 e. The molecule has 0 saturated carbocycles. The highest BCUT2D eigenvalue weighted by atomic mass is 32.1. The molecule has 0 spiro atoms. The number of ether oxygens (including phenoxy) is 1. The number of thiophene rings is 1. The van der Waals surface area contributed by atoms with Crippen LogP contribution in [0.3, 0.4) is 0 Å². The molecule has 0 radical (unpaired) electrons. The average Bonchev–Trinajstić information content (AvgIpc) is 3.25. The van der Waals surface area contributed by atoms with Crippen LogP contribution in [-0.2, 0) is 17.8 Å². The van der Waals surface area contributed by atoms with E-state index >= 15 is 0 Å². The predicted molar refractivity (Wildman–Crippen MR) is 120 cm³/mol. The van der Waals surface area contributed by atoms with Gasteiger partial charge in [-0.3, -0.25) is 0 Å². The molecule has 0 amide bonds. The first-order valence-corrected chi connectivity index (χ1v) is 11.7. The maximum absolute atomic E-state index is 6.10. The average molecular weight is 428 g/mol. The minimum Gasteiger partial charge on any atom is -0.370 e. The third kappa shape index (κ3) is 3.40. The van der Waals surface area contributed by atoms with E-state index in [0.717, 1.165) is 54.6 Å². The molecule has 3 aromatic rings. The number of hydrogen-bond donors (Lipinski definition) is 1. The summed E-state index contributed by atoms with van der Waals surface area (Å²) in [5, 5.41) is 5.89. The SMILES string of the molecule is CC[NH+]1CCN(c2nc(-n3nc(C)cc3C)nc3sc4c(c23)CC(C)(C)OC4)CC1. The lowest BCUT2D eigenvalue weighted by Gasteiger charge is -2.34. The van der Waals surface area contributed by atoms with Crippen LogP contribution in [0.1, 0.15) is 42.6 Å². The van der Waals surface area contributed by atoms with Crippen molar-refractivity contribution < 1.29 is 9.64 Å². The molecule has 1 saturated heterocycles. The number of piperazine rings is 1. The number of nitrogens with zero attached hydrogens (tertiary/aromatic N) is 5. The Morgan fingerprint density at radius 2 is 1.97 bits per heavy atom. The Balaban J connectivity index is 1.68. The van der Waals surface area contributed by atoms with Crippen molar-refractivity contribution in [2.24, 2.45) is 0 Å². The molecule has 2 aliphatic rings. The quantitative estimate of drug-likeness (QED) is 0.693. The largest absolute Gasteiger partial charge is 0.370 e. The summed E-state index contributed by atoms with van der Waals surface area (Å²) in [4.78, 5) is 16.6. The first-order chi connectivity index (χ1) is 14.3. The zero-order valence-electron chi connectivity index (χ0n) is 18.6. The number of nitrogens with one attached hydrogen (secondary N) is 1. The molecule has 5 rings (SSSR count). The number of aryl methyl sites for hydroxylation is 2. The number of hydrogen-bond acceptors (Lipinski definition) is 6. The number of rotatable bonds is 3. The summed E-state index contributed by atoms with van der Waals surface area (Å²) in [6, 6.07) is 2.08. The second-order valence-corrected chi connectivity index (χ2v) is 10.3. The van der Waals surface area contributed by atoms with Crippen molar-refractivity contribution >= 4 is 27.4 Å². The van der Waals surface area contributed by atoms with Crippen molar-refractivity contribution in [2.45, 2.75) is 53.2 Å². The van der Waals surface area contributed by atoms with Gasteiger partial charge in [0.15, 0.2) is 0 Å². The highest BCUT2D eigenvalue weighted by molar-refractivity contribution is 7.19. The Morgan fingerprint density at radius 1 is 1.20 bits per heavy atom. The van der Waals surface area contributed by atoms with Gasteiger partial charge in [-0.1, -0.05) is 0 Å². The summed E-state index contributed by atoms with van der Waals surface area (Å²) in [7, 11) is 0. The number of aromatic nitrogens is 4. The number of quaternary nitrogens is 1. The Labute approximate surface area is 181 Å². The molecule has 8 heteroatoms. The minimum absolute atomic E-state index is 0.155. The molecule has 0 aliphatic carbocycles. The van der Waals surface area contributed by atoms with Crippen molar-refractivity contribution in [3.8, 4) is 5.95 Å². The third-order valence-electron chi connectivity index (χ3n) is 6.37. The van der Waals surface area contributed by atoms with Gasteiger partial charge in [-0.05, 0) is 46.2 Å². The van der Waals surface area contributed by atoms with E-state index in [1.807, 2.05) is 11.6 Å². The highest BCUT2D eigenvalue weighted by Gasteiger charge is 2.33. The fraction of sp³-hybridized carbons (Fsp3) is 0.591. The van der Waals surface area contributed by atoms with E-state index in [9.17, 15) is 0 Å². The number of fused-ring (bicyclic) bond motifs is 3. The molecule has 1 fully saturated rings. The maximum atomic E-state index is 6.10. The Kier molecular flexibility index (Phi) is 4.83. The van der Waals surface area contributed by atoms with Gasteiger partial charge < -0.3 is 14.5 Å². The van der Waals surface area contributed by atoms with Gasteiger partial charge in [0.05, 0.1) is 56.0 Å². The highest BCUT2D eigenvalue weighted by Crippen LogP contribution is 2.42. The van der Waals surface area contributed by atoms with Crippen molar-refractivity contribution in [3.63, 3.8) is 0 Å². The van der Waals surface area contributed by atoms with Crippen LogP contribution in [0.4, 0.5) is 5.82 Å². The Morgan fingerprint density at radius 3 is 2.63 bits per heavy atom. The predicted octanol–water partition coefficient (Wildman–Crippen LogP) is 2.07. The zero-order valence-corrected chi connectivity index (χ0v) is 19.4. The summed E-state index contributed by atoms with van der Waals surface area (Å²) in [6.45, 7) is 16.9. The molecular weight excluding hydrogens is 396 g/mol. The molecule has 0 bridgehead atoms. The van der Waals surface area contributed by atoms with Crippen molar-refractivity contribution in [2.75, 3.05) is 37.6 Å². The van der Waals surface area contributed by atoms with Crippen LogP contribution < -0.4 is 9.80 Å². The summed E-state index contributed by atoms with van der Waals surface area (Å²) < 4.78 is 7.98. The monoisotopic (exact) mass is 427 g/mol. The standard InChI is InChI=1S/C22H30N6OS/c1-6-26-7-9-27(10-8-26)19-18-16-12-22(4,5)29-13-17(16)30-20(18)24-21(23-19)28-15(3)11-14(2)25-28/h11H,6-10,12-13H2,1-5H3/p+1. The van der Waals surface area contributed by atoms with Crippen LogP contribution >= 0.6 is 11.3 Å². The van der Waals surface area contributed by atoms with Crippen LogP contribution in [0.15, 0.2) is 6.07 Å². The van der Waals surface area contributed by atoms with Crippen molar-refractivity contribution in [1.29, 1.82) is 0 Å². The molecule has 160 valence electrons. The van der Waals surface area contributed by atoms with Gasteiger partial charge in [0.25, 0.3) is 5.95 Å². The van der Waals surface area contributed by atoms with E-state index in [1.54, 1.807) is 16.2 Å². The minimum atomic E-state index is -0.155. The summed E-state index contributed by atoms with van der Waals surface area (Å²) in [6.07, 6.45) is 0.901. The summed E-state index contributed by atoms with van der Waals surface area (Å²) >= 11 is 1.76. The molecule has 2 aliphatic heterocycles. The summed E-state index contributed by atoms with van der Waals surface area (Å²) in [5.41, 5.74) is 3.27. The van der Waals surface area contributed by atoms with E-state index in [2.05, 4.69) is 43.8 Å². The van der Waals surface area contributed by atoms with Gasteiger partial charge in [-0.2, -0.15) is 15.1 Å². The molecule has 7 nitrogen and oxygen atoms in total. The maximum Gasteiger partial charge on any atom is 0.254 e. The van der Waals surface area contributed by atoms with Crippen molar-refractivity contribution in [3.05, 3.63) is 27.9 Å². The molecule has 0 aromatic carbocycles. The van der Waals surface area contributed by atoms with Crippen LogP contribution in [0.2, 0.25) is 0 Å². The molecule has 1 N–H and O–H groups in total. The van der Waals surface area contributed by atoms with E-state index in [4.69, 9.17) is 14.7 Å². The second-order valence-electron chi connectivity index (χ2n) is 9.19. The van der Waals surface area contributed by atoms with Crippen LogP contribution in [-0.4, -0.2) is 58.1 Å². The first-order valence-electron chi connectivity index (χ1n) is 10.9. The fourth-order valence-corrected chi connectivity index (χ4v) is 5.75. The van der Waals surface area contributed by atoms with Gasteiger partial charge in [0, 0.05) is 17.0 Å². The molecule has 3 aromatic heterocycles. The van der Waals surface area contributed by atoms with Gasteiger partial charge in [-0.25, -0.2) is 4.68 Å². The van der Waals surface area contributed by atoms with Gasteiger partial charge in [0.1, 0.15) is 10.6 Å². The molecule has 30 heavy (non-hydrogen) atoms. The van der Waals surface area contributed by atoms with Crippen LogP contribution in [0, 0.1) is 13.8 Å². The third-order valence-corrected chi connectivity index (χ3v) is 7.47. The zero-order chi connectivity index (χ0) is 21.0. The Hall–Kier alpha value is -2.03. The Bertz CT molecular complexity index is 1090. The van der Waals surface area contributed by atoms with Gasteiger partial charge in [-0.15, -0.1) is 11.3 Å². The van der Waals surface area contributed by atoms with E-state index in [1.165, 1.54) is 22.4 Å². The fourth-order valence-electron chi connectivity index (χ4n) is 4.66. The van der Waals surface area contributed by atoms with Crippen LogP contribution in [0.25, 0.3) is 16.2 Å². The second kappa shape index (κ2) is 7.28. The lowest BCUT2D eigenvalue weighted by molar-refractivity contribution is -0.898. The van der Waals surface area contributed by atoms with E-state index in [0.29, 0.717) is 12.6 Å². The summed E-state index contributed by atoms with van der Waals surface area (Å²) in [5.74, 6) is 1.75. The molecule has 0 atom stereocenters. The van der Waals surface area contributed by atoms with Gasteiger partial charge in [0.2, 0.25) is 0 Å². The normalized spacial score (nSPS) is 19.4. The first kappa shape index (κ1) is 19.9. The van der Waals surface area contributed by atoms with Gasteiger partial charge >= 0.3 is 0 Å². The van der Waals surface area contributed by atoms with Crippen LogP contribution in [0.5, 0.6) is 0 Å². The topological polar surface area (TPSA) is 60.5 Å². The lowest BCUT2D eigenvalue weighted by atomic mass is 9.94. The number of likely N-dealkylation sites (N-methyl/N-ethyl adjacent to an activating group) is 1. The number of anilines is 1. The lowest BCUT2D eigenvalue weighted by Crippen LogP contribution is -3.14. The molecule has 0 unspecified atom stereocenters. The van der Waals surface area contributed by atoms with Crippen molar-refractivity contribution in [1.82, 2.24) is 19.7 Å². The van der Waals surface area contributed by atoms with E-state index < -0.39 is 0 Å². The van der Waals surface area contributed by atoms with E-state index in [-0.39, 0.29) is 5.60 Å². The molecular formula is C22H31N6OS+. The molecule has 5 heterocycles.